The van der Waals surface area contributed by atoms with Gasteiger partial charge >= 0.3 is 5.97 Å². The summed E-state index contributed by atoms with van der Waals surface area (Å²) in [6.07, 6.45) is 0.385. The third-order valence-electron chi connectivity index (χ3n) is 3.27. The second-order valence-corrected chi connectivity index (χ2v) is 4.77. The molecule has 0 atom stereocenters. The Morgan fingerprint density at radius 2 is 1.95 bits per heavy atom. The SMILES string of the molecule is CCOC(=O)CCC(=O)Cn1c(C)cc2ccccc21. The van der Waals surface area contributed by atoms with Crippen LogP contribution < -0.4 is 0 Å². The maximum absolute atomic E-state index is 12.0. The Kier molecular flexibility index (Phi) is 4.56. The Hall–Kier alpha value is -2.10. The van der Waals surface area contributed by atoms with Gasteiger partial charge in [0.15, 0.2) is 5.78 Å². The number of ether oxygens (including phenoxy) is 1. The smallest absolute Gasteiger partial charge is 0.306 e. The summed E-state index contributed by atoms with van der Waals surface area (Å²) in [5.74, 6) is -0.266. The number of nitrogens with zero attached hydrogens (tertiary/aromatic N) is 1. The summed E-state index contributed by atoms with van der Waals surface area (Å²) in [7, 11) is 0. The molecule has 106 valence electrons. The van der Waals surface area contributed by atoms with Crippen molar-refractivity contribution in [2.45, 2.75) is 33.2 Å². The van der Waals surface area contributed by atoms with Crippen LogP contribution in [0.25, 0.3) is 10.9 Å². The summed E-state index contributed by atoms with van der Waals surface area (Å²) in [4.78, 5) is 23.2. The predicted molar refractivity (Wildman–Crippen MR) is 77.5 cm³/mol. The molecule has 0 bridgehead atoms. The summed E-state index contributed by atoms with van der Waals surface area (Å²) in [6.45, 7) is 4.40. The molecule has 20 heavy (non-hydrogen) atoms. The quantitative estimate of drug-likeness (QED) is 0.760. The third-order valence-corrected chi connectivity index (χ3v) is 3.27. The summed E-state index contributed by atoms with van der Waals surface area (Å²) in [5.41, 5.74) is 2.10. The number of aromatic nitrogens is 1. The number of fused-ring (bicyclic) bond motifs is 1. The van der Waals surface area contributed by atoms with Crippen molar-refractivity contribution in [1.29, 1.82) is 0 Å². The molecule has 0 amide bonds. The van der Waals surface area contributed by atoms with Gasteiger partial charge in [-0.15, -0.1) is 0 Å². The third kappa shape index (κ3) is 3.26. The van der Waals surface area contributed by atoms with Gasteiger partial charge in [-0.2, -0.15) is 0 Å². The lowest BCUT2D eigenvalue weighted by atomic mass is 10.2. The van der Waals surface area contributed by atoms with Crippen LogP contribution in [0.4, 0.5) is 0 Å². The van der Waals surface area contributed by atoms with Crippen molar-refractivity contribution < 1.29 is 14.3 Å². The Morgan fingerprint density at radius 1 is 1.20 bits per heavy atom. The fraction of sp³-hybridized carbons (Fsp3) is 0.375. The molecule has 0 radical (unpaired) electrons. The molecule has 4 heteroatoms. The summed E-state index contributed by atoms with van der Waals surface area (Å²) < 4.78 is 6.81. The van der Waals surface area contributed by atoms with Gasteiger partial charge in [-0.05, 0) is 31.4 Å². The van der Waals surface area contributed by atoms with Gasteiger partial charge in [-0.25, -0.2) is 0 Å². The summed E-state index contributed by atoms with van der Waals surface area (Å²) in [5, 5.41) is 1.13. The number of ketones is 1. The van der Waals surface area contributed by atoms with Crippen LogP contribution in [-0.2, 0) is 20.9 Å². The number of rotatable bonds is 6. The van der Waals surface area contributed by atoms with E-state index in [9.17, 15) is 9.59 Å². The number of para-hydroxylation sites is 1. The summed E-state index contributed by atoms with van der Waals surface area (Å²) in [6, 6.07) is 10.0. The van der Waals surface area contributed by atoms with Gasteiger partial charge in [-0.1, -0.05) is 18.2 Å². The molecule has 0 unspecified atom stereocenters. The number of hydrogen-bond acceptors (Lipinski definition) is 3. The van der Waals surface area contributed by atoms with E-state index in [-0.39, 0.29) is 24.6 Å². The zero-order valence-corrected chi connectivity index (χ0v) is 11.9. The lowest BCUT2D eigenvalue weighted by Crippen LogP contribution is -2.13. The second kappa shape index (κ2) is 6.37. The first kappa shape index (κ1) is 14.3. The number of esters is 1. The fourth-order valence-corrected chi connectivity index (χ4v) is 2.29. The van der Waals surface area contributed by atoms with Crippen LogP contribution >= 0.6 is 0 Å². The number of aryl methyl sites for hydroxylation is 1. The Bertz CT molecular complexity index is 628. The van der Waals surface area contributed by atoms with Crippen LogP contribution in [-0.4, -0.2) is 22.9 Å². The Labute approximate surface area is 118 Å². The maximum Gasteiger partial charge on any atom is 0.306 e. The van der Waals surface area contributed by atoms with E-state index in [1.54, 1.807) is 6.92 Å². The van der Waals surface area contributed by atoms with E-state index in [0.717, 1.165) is 16.6 Å². The molecule has 0 saturated carbocycles. The average molecular weight is 273 g/mol. The van der Waals surface area contributed by atoms with Gasteiger partial charge in [0.25, 0.3) is 0 Å². The predicted octanol–water partition coefficient (Wildman–Crippen LogP) is 2.86. The van der Waals surface area contributed by atoms with Crippen molar-refractivity contribution in [2.75, 3.05) is 6.61 Å². The minimum Gasteiger partial charge on any atom is -0.466 e. The van der Waals surface area contributed by atoms with Crippen LogP contribution in [0.3, 0.4) is 0 Å². The first-order chi connectivity index (χ1) is 9.61. The number of carbonyl (C=O) groups excluding carboxylic acids is 2. The number of hydrogen-bond donors (Lipinski definition) is 0. The lowest BCUT2D eigenvalue weighted by Gasteiger charge is -2.07. The van der Waals surface area contributed by atoms with E-state index >= 15 is 0 Å². The highest BCUT2D eigenvalue weighted by atomic mass is 16.5. The molecular weight excluding hydrogens is 254 g/mol. The molecule has 0 aliphatic rings. The standard InChI is InChI=1S/C16H19NO3/c1-3-20-16(19)9-8-14(18)11-17-12(2)10-13-6-4-5-7-15(13)17/h4-7,10H,3,8-9,11H2,1-2H3. The molecule has 0 aliphatic heterocycles. The molecule has 0 aliphatic carbocycles. The molecular formula is C16H19NO3. The van der Waals surface area contributed by atoms with Crippen LogP contribution in [0.1, 0.15) is 25.5 Å². The van der Waals surface area contributed by atoms with Crippen molar-refractivity contribution in [3.63, 3.8) is 0 Å². The van der Waals surface area contributed by atoms with Crippen LogP contribution in [0.15, 0.2) is 30.3 Å². The molecule has 1 aromatic carbocycles. The van der Waals surface area contributed by atoms with Gasteiger partial charge in [-0.3, -0.25) is 9.59 Å². The molecule has 1 aromatic heterocycles. The van der Waals surface area contributed by atoms with Crippen molar-refractivity contribution in [2.24, 2.45) is 0 Å². The average Bonchev–Trinajstić information content (AvgIpc) is 2.73. The van der Waals surface area contributed by atoms with Crippen molar-refractivity contribution in [3.05, 3.63) is 36.0 Å². The molecule has 0 spiro atoms. The van der Waals surface area contributed by atoms with Crippen LogP contribution in [0.2, 0.25) is 0 Å². The largest absolute Gasteiger partial charge is 0.466 e. The van der Waals surface area contributed by atoms with Crippen LogP contribution in [0.5, 0.6) is 0 Å². The molecule has 4 nitrogen and oxygen atoms in total. The van der Waals surface area contributed by atoms with E-state index in [1.807, 2.05) is 35.8 Å². The zero-order chi connectivity index (χ0) is 14.5. The fourth-order valence-electron chi connectivity index (χ4n) is 2.29. The highest BCUT2D eigenvalue weighted by Crippen LogP contribution is 2.19. The second-order valence-electron chi connectivity index (χ2n) is 4.77. The number of carbonyl (C=O) groups is 2. The topological polar surface area (TPSA) is 48.3 Å². The number of benzene rings is 1. The minimum atomic E-state index is -0.310. The van der Waals surface area contributed by atoms with Gasteiger partial charge in [0.2, 0.25) is 0 Å². The van der Waals surface area contributed by atoms with E-state index in [4.69, 9.17) is 4.74 Å². The van der Waals surface area contributed by atoms with Crippen molar-refractivity contribution in [1.82, 2.24) is 4.57 Å². The monoisotopic (exact) mass is 273 g/mol. The Morgan fingerprint density at radius 3 is 2.70 bits per heavy atom. The summed E-state index contributed by atoms with van der Waals surface area (Å²) >= 11 is 0. The molecule has 0 saturated heterocycles. The first-order valence-corrected chi connectivity index (χ1v) is 6.84. The van der Waals surface area contributed by atoms with Gasteiger partial charge < -0.3 is 9.30 Å². The maximum atomic E-state index is 12.0. The molecule has 2 aromatic rings. The number of Topliss-reactive ketones (excluding diaryl/α,β-unsaturated/α-hetero) is 1. The van der Waals surface area contributed by atoms with E-state index in [0.29, 0.717) is 13.2 Å². The molecule has 2 rings (SSSR count). The highest BCUT2D eigenvalue weighted by Gasteiger charge is 2.11. The minimum absolute atomic E-state index is 0.0440. The first-order valence-electron chi connectivity index (χ1n) is 6.84. The zero-order valence-electron chi connectivity index (χ0n) is 11.9. The van der Waals surface area contributed by atoms with Crippen molar-refractivity contribution in [3.8, 4) is 0 Å². The van der Waals surface area contributed by atoms with Crippen LogP contribution in [0, 0.1) is 6.92 Å². The molecule has 1 heterocycles. The molecule has 0 N–H and O–H groups in total. The van der Waals surface area contributed by atoms with E-state index < -0.39 is 0 Å². The van der Waals surface area contributed by atoms with Gasteiger partial charge in [0, 0.05) is 17.6 Å². The van der Waals surface area contributed by atoms with Crippen molar-refractivity contribution >= 4 is 22.7 Å². The van der Waals surface area contributed by atoms with Gasteiger partial charge in [0.1, 0.15) is 0 Å². The highest BCUT2D eigenvalue weighted by molar-refractivity contribution is 5.86. The normalized spacial score (nSPS) is 10.7. The lowest BCUT2D eigenvalue weighted by molar-refractivity contribution is -0.144. The molecule has 0 fully saturated rings. The van der Waals surface area contributed by atoms with Gasteiger partial charge in [0.05, 0.1) is 19.6 Å². The Balaban J connectivity index is 2.03. The van der Waals surface area contributed by atoms with E-state index in [1.165, 1.54) is 0 Å². The van der Waals surface area contributed by atoms with E-state index in [2.05, 4.69) is 6.07 Å².